The molecule has 7 heteroatoms. The van der Waals surface area contributed by atoms with E-state index in [0.717, 1.165) is 10.4 Å². The van der Waals surface area contributed by atoms with Crippen molar-refractivity contribution < 1.29 is 14.7 Å². The van der Waals surface area contributed by atoms with Crippen molar-refractivity contribution in [3.63, 3.8) is 0 Å². The van der Waals surface area contributed by atoms with E-state index in [-0.39, 0.29) is 11.5 Å². The molecule has 0 radical (unpaired) electrons. The van der Waals surface area contributed by atoms with Crippen molar-refractivity contribution in [3.8, 4) is 0 Å². The van der Waals surface area contributed by atoms with Crippen LogP contribution in [0.4, 0.5) is 5.69 Å². The van der Waals surface area contributed by atoms with Crippen molar-refractivity contribution in [1.29, 1.82) is 0 Å². The molecule has 1 aromatic heterocycles. The average molecular weight is 360 g/mol. The maximum Gasteiger partial charge on any atom is 0.270 e. The SMILES string of the molecule is Cc1ccc(C(=O)[O-])cc1N1C(=O)/C(=C\c2cccs2)SC1=S. The van der Waals surface area contributed by atoms with E-state index < -0.39 is 5.97 Å². The van der Waals surface area contributed by atoms with E-state index in [1.807, 2.05) is 17.5 Å². The summed E-state index contributed by atoms with van der Waals surface area (Å²) in [5.41, 5.74) is 1.26. The number of anilines is 1. The number of hydrogen-bond acceptors (Lipinski definition) is 6. The zero-order valence-corrected chi connectivity index (χ0v) is 14.4. The Labute approximate surface area is 146 Å². The molecule has 0 spiro atoms. The lowest BCUT2D eigenvalue weighted by Gasteiger charge is -2.18. The summed E-state index contributed by atoms with van der Waals surface area (Å²) in [6, 6.07) is 8.34. The zero-order chi connectivity index (χ0) is 16.6. The third-order valence-electron chi connectivity index (χ3n) is 3.30. The number of carbonyl (C=O) groups excluding carboxylic acids is 2. The number of thioether (sulfide) groups is 1. The first-order chi connectivity index (χ1) is 11.0. The molecular weight excluding hydrogens is 350 g/mol. The van der Waals surface area contributed by atoms with Crippen molar-refractivity contribution in [2.75, 3.05) is 4.90 Å². The smallest absolute Gasteiger partial charge is 0.270 e. The second-order valence-electron chi connectivity index (χ2n) is 4.82. The number of carboxylic acid groups (broad SMARTS) is 1. The molecule has 23 heavy (non-hydrogen) atoms. The van der Waals surface area contributed by atoms with Gasteiger partial charge in [0.2, 0.25) is 0 Å². The van der Waals surface area contributed by atoms with E-state index >= 15 is 0 Å². The van der Waals surface area contributed by atoms with Crippen LogP contribution in [0.25, 0.3) is 6.08 Å². The van der Waals surface area contributed by atoms with Gasteiger partial charge in [-0.05, 0) is 41.6 Å². The van der Waals surface area contributed by atoms with Gasteiger partial charge in [0.25, 0.3) is 5.91 Å². The van der Waals surface area contributed by atoms with E-state index in [4.69, 9.17) is 12.2 Å². The molecule has 1 aliphatic rings. The van der Waals surface area contributed by atoms with Gasteiger partial charge in [-0.3, -0.25) is 9.69 Å². The van der Waals surface area contributed by atoms with Crippen LogP contribution in [-0.4, -0.2) is 16.2 Å². The molecule has 116 valence electrons. The molecule has 0 saturated carbocycles. The average Bonchev–Trinajstić information content (AvgIpc) is 3.09. The van der Waals surface area contributed by atoms with Crippen LogP contribution in [-0.2, 0) is 4.79 Å². The highest BCUT2D eigenvalue weighted by atomic mass is 32.2. The summed E-state index contributed by atoms with van der Waals surface area (Å²) in [4.78, 5) is 26.6. The number of aromatic carboxylic acids is 1. The van der Waals surface area contributed by atoms with Gasteiger partial charge in [0.1, 0.15) is 0 Å². The fourth-order valence-electron chi connectivity index (χ4n) is 2.16. The second kappa shape index (κ2) is 6.27. The fraction of sp³-hybridized carbons (Fsp3) is 0.0625. The van der Waals surface area contributed by atoms with Gasteiger partial charge in [0, 0.05) is 4.88 Å². The normalized spacial score (nSPS) is 16.4. The summed E-state index contributed by atoms with van der Waals surface area (Å²) in [7, 11) is 0. The minimum absolute atomic E-state index is 0.0156. The van der Waals surface area contributed by atoms with Crippen molar-refractivity contribution in [1.82, 2.24) is 0 Å². The minimum Gasteiger partial charge on any atom is -0.545 e. The van der Waals surface area contributed by atoms with E-state index in [1.165, 1.54) is 40.1 Å². The summed E-state index contributed by atoms with van der Waals surface area (Å²) in [5.74, 6) is -1.53. The lowest BCUT2D eigenvalue weighted by Crippen LogP contribution is -2.29. The lowest BCUT2D eigenvalue weighted by molar-refractivity contribution is -0.255. The summed E-state index contributed by atoms with van der Waals surface area (Å²) in [6.45, 7) is 1.80. The van der Waals surface area contributed by atoms with Crippen LogP contribution in [0.2, 0.25) is 0 Å². The number of thiocarbonyl (C=S) groups is 1. The van der Waals surface area contributed by atoms with Crippen molar-refractivity contribution in [3.05, 3.63) is 56.6 Å². The molecule has 0 atom stereocenters. The van der Waals surface area contributed by atoms with Crippen LogP contribution >= 0.6 is 35.3 Å². The Kier molecular flexibility index (Phi) is 4.34. The number of aryl methyl sites for hydroxylation is 1. The van der Waals surface area contributed by atoms with Crippen LogP contribution < -0.4 is 10.0 Å². The van der Waals surface area contributed by atoms with Crippen molar-refractivity contribution >= 4 is 63.3 Å². The molecule has 0 N–H and O–H groups in total. The summed E-state index contributed by atoms with van der Waals surface area (Å²) in [6.07, 6.45) is 1.79. The number of carbonyl (C=O) groups is 2. The van der Waals surface area contributed by atoms with Crippen molar-refractivity contribution in [2.24, 2.45) is 0 Å². The van der Waals surface area contributed by atoms with E-state index in [0.29, 0.717) is 14.9 Å². The number of nitrogens with zero attached hydrogens (tertiary/aromatic N) is 1. The molecule has 4 nitrogen and oxygen atoms in total. The topological polar surface area (TPSA) is 60.4 Å². The Morgan fingerprint density at radius 1 is 1.35 bits per heavy atom. The molecule has 2 aromatic rings. The molecule has 1 aliphatic heterocycles. The molecule has 1 saturated heterocycles. The van der Waals surface area contributed by atoms with Crippen LogP contribution in [0.5, 0.6) is 0 Å². The molecule has 1 aromatic carbocycles. The molecule has 1 amide bonds. The van der Waals surface area contributed by atoms with Gasteiger partial charge in [0.15, 0.2) is 4.32 Å². The molecule has 0 aliphatic carbocycles. The Morgan fingerprint density at radius 2 is 2.13 bits per heavy atom. The molecule has 2 heterocycles. The van der Waals surface area contributed by atoms with Gasteiger partial charge in [-0.25, -0.2) is 0 Å². The quantitative estimate of drug-likeness (QED) is 0.622. The zero-order valence-electron chi connectivity index (χ0n) is 11.9. The third kappa shape index (κ3) is 3.08. The minimum atomic E-state index is -1.29. The Balaban J connectivity index is 2.01. The molecule has 1 fully saturated rings. The maximum atomic E-state index is 12.7. The first-order valence-electron chi connectivity index (χ1n) is 6.61. The predicted octanol–water partition coefficient (Wildman–Crippen LogP) is 2.83. The van der Waals surface area contributed by atoms with Crippen LogP contribution in [0.15, 0.2) is 40.6 Å². The van der Waals surface area contributed by atoms with Crippen molar-refractivity contribution in [2.45, 2.75) is 6.92 Å². The van der Waals surface area contributed by atoms with E-state index in [2.05, 4.69) is 0 Å². The monoisotopic (exact) mass is 360 g/mol. The highest BCUT2D eigenvalue weighted by Crippen LogP contribution is 2.38. The van der Waals surface area contributed by atoms with Crippen LogP contribution in [0, 0.1) is 6.92 Å². The van der Waals surface area contributed by atoms with Gasteiger partial charge in [-0.15, -0.1) is 11.3 Å². The second-order valence-corrected chi connectivity index (χ2v) is 7.48. The standard InChI is InChI=1S/C16H11NO3S3/c1-9-4-5-10(15(19)20)7-12(9)17-14(18)13(23-16(17)21)8-11-3-2-6-22-11/h2-8H,1H3,(H,19,20)/p-1/b13-8+. The Bertz CT molecular complexity index is 840. The summed E-state index contributed by atoms with van der Waals surface area (Å²) < 4.78 is 0.386. The first kappa shape index (κ1) is 15.9. The highest BCUT2D eigenvalue weighted by molar-refractivity contribution is 8.27. The van der Waals surface area contributed by atoms with E-state index in [1.54, 1.807) is 19.1 Å². The molecule has 3 rings (SSSR count). The predicted molar refractivity (Wildman–Crippen MR) is 95.5 cm³/mol. The number of benzene rings is 1. The molecular formula is C16H10NO3S3-. The van der Waals surface area contributed by atoms with Gasteiger partial charge in [-0.2, -0.15) is 0 Å². The highest BCUT2D eigenvalue weighted by Gasteiger charge is 2.34. The van der Waals surface area contributed by atoms with Gasteiger partial charge in [-0.1, -0.05) is 42.2 Å². The number of hydrogen-bond donors (Lipinski definition) is 0. The van der Waals surface area contributed by atoms with Gasteiger partial charge < -0.3 is 9.90 Å². The Hall–Kier alpha value is -1.96. The molecule has 0 bridgehead atoms. The Morgan fingerprint density at radius 3 is 2.78 bits per heavy atom. The largest absolute Gasteiger partial charge is 0.545 e. The number of rotatable bonds is 3. The van der Waals surface area contributed by atoms with Crippen LogP contribution in [0.1, 0.15) is 20.8 Å². The number of amides is 1. The van der Waals surface area contributed by atoms with E-state index in [9.17, 15) is 14.7 Å². The maximum absolute atomic E-state index is 12.7. The number of thiophene rings is 1. The number of carboxylic acids is 1. The summed E-state index contributed by atoms with van der Waals surface area (Å²) in [5, 5.41) is 13.0. The third-order valence-corrected chi connectivity index (χ3v) is 5.42. The fourth-order valence-corrected chi connectivity index (χ4v) is 4.16. The summed E-state index contributed by atoms with van der Waals surface area (Å²) >= 11 is 8.05. The lowest BCUT2D eigenvalue weighted by atomic mass is 10.1. The molecule has 0 unspecified atom stereocenters. The first-order valence-corrected chi connectivity index (χ1v) is 8.71. The van der Waals surface area contributed by atoms with Gasteiger partial charge >= 0.3 is 0 Å². The van der Waals surface area contributed by atoms with Gasteiger partial charge in [0.05, 0.1) is 16.6 Å². The van der Waals surface area contributed by atoms with Crippen LogP contribution in [0.3, 0.4) is 0 Å².